The fourth-order valence-corrected chi connectivity index (χ4v) is 1.22. The van der Waals surface area contributed by atoms with E-state index in [0.29, 0.717) is 0 Å². The number of rotatable bonds is 3. The van der Waals surface area contributed by atoms with Crippen molar-refractivity contribution in [3.63, 3.8) is 0 Å². The lowest BCUT2D eigenvalue weighted by Crippen LogP contribution is -1.80. The van der Waals surface area contributed by atoms with Gasteiger partial charge in [0.2, 0.25) is 0 Å². The quantitative estimate of drug-likeness (QED) is 0.738. The lowest BCUT2D eigenvalue weighted by atomic mass is 10.1. The van der Waals surface area contributed by atoms with Gasteiger partial charge in [-0.1, -0.05) is 30.3 Å². The number of aryl methyl sites for hydroxylation is 1. The average Bonchev–Trinajstić information content (AvgIpc) is 2.05. The van der Waals surface area contributed by atoms with Gasteiger partial charge in [0.15, 0.2) is 4.74 Å². The summed E-state index contributed by atoms with van der Waals surface area (Å²) >= 11 is 2.74. The maximum atomic E-state index is 12.2. The van der Waals surface area contributed by atoms with Crippen LogP contribution >= 0.6 is 15.9 Å². The lowest BCUT2D eigenvalue weighted by molar-refractivity contribution is 0.697. The van der Waals surface area contributed by atoms with Gasteiger partial charge < -0.3 is 0 Å². The van der Waals surface area contributed by atoms with Gasteiger partial charge in [-0.2, -0.15) is 4.39 Å². The van der Waals surface area contributed by atoms with Crippen molar-refractivity contribution in [2.75, 3.05) is 0 Å². The fourth-order valence-electron chi connectivity index (χ4n) is 0.993. The SMILES string of the molecule is F/C(Br)=C/CCc1ccccc1. The predicted octanol–water partition coefficient (Wildman–Crippen LogP) is 3.83. The topological polar surface area (TPSA) is 0 Å². The summed E-state index contributed by atoms with van der Waals surface area (Å²) in [6, 6.07) is 10.0. The Morgan fingerprint density at radius 1 is 1.33 bits per heavy atom. The van der Waals surface area contributed by atoms with Gasteiger partial charge in [0.25, 0.3) is 0 Å². The molecule has 64 valence electrons. The van der Waals surface area contributed by atoms with Crippen molar-refractivity contribution < 1.29 is 4.39 Å². The van der Waals surface area contributed by atoms with Crippen molar-refractivity contribution in [2.24, 2.45) is 0 Å². The van der Waals surface area contributed by atoms with Gasteiger partial charge in [-0.05, 0) is 40.4 Å². The van der Waals surface area contributed by atoms with Crippen LogP contribution in [0, 0.1) is 0 Å². The molecule has 0 nitrogen and oxygen atoms in total. The van der Waals surface area contributed by atoms with E-state index < -0.39 is 0 Å². The normalized spacial score (nSPS) is 11.7. The third-order valence-corrected chi connectivity index (χ3v) is 1.90. The molecule has 0 spiro atoms. The van der Waals surface area contributed by atoms with E-state index in [1.54, 1.807) is 0 Å². The van der Waals surface area contributed by atoms with Crippen LogP contribution < -0.4 is 0 Å². The van der Waals surface area contributed by atoms with Gasteiger partial charge in [0, 0.05) is 0 Å². The minimum absolute atomic E-state index is 0.279. The Hall–Kier alpha value is -0.630. The van der Waals surface area contributed by atoms with Gasteiger partial charge >= 0.3 is 0 Å². The molecule has 0 aliphatic rings. The molecule has 0 radical (unpaired) electrons. The Bertz CT molecular complexity index is 250. The summed E-state index contributed by atoms with van der Waals surface area (Å²) in [7, 11) is 0. The molecule has 1 aromatic carbocycles. The lowest BCUT2D eigenvalue weighted by Gasteiger charge is -1.95. The monoisotopic (exact) mass is 228 g/mol. The van der Waals surface area contributed by atoms with E-state index in [1.165, 1.54) is 11.6 Å². The van der Waals surface area contributed by atoms with Crippen LogP contribution in [0.3, 0.4) is 0 Å². The molecule has 0 aliphatic heterocycles. The Labute approximate surface area is 80.2 Å². The maximum Gasteiger partial charge on any atom is 0.161 e. The number of allylic oxidation sites excluding steroid dienone is 1. The number of benzene rings is 1. The van der Waals surface area contributed by atoms with Gasteiger partial charge in [0.1, 0.15) is 0 Å². The first-order valence-electron chi connectivity index (χ1n) is 3.84. The maximum absolute atomic E-state index is 12.2. The summed E-state index contributed by atoms with van der Waals surface area (Å²) in [5.41, 5.74) is 1.24. The van der Waals surface area contributed by atoms with Crippen LogP contribution in [0.4, 0.5) is 4.39 Å². The molecule has 0 unspecified atom stereocenters. The molecule has 0 saturated heterocycles. The first kappa shape index (κ1) is 9.46. The van der Waals surface area contributed by atoms with Crippen LogP contribution in [-0.4, -0.2) is 0 Å². The molecule has 0 N–H and O–H groups in total. The zero-order chi connectivity index (χ0) is 8.81. The van der Waals surface area contributed by atoms with Crippen LogP contribution in [-0.2, 0) is 6.42 Å². The standard InChI is InChI=1S/C10H10BrF/c11-10(12)8-4-7-9-5-2-1-3-6-9/h1-3,5-6,8H,4,7H2/b10-8+. The second-order valence-electron chi connectivity index (χ2n) is 2.52. The Balaban J connectivity index is 2.39. The second kappa shape index (κ2) is 5.09. The Kier molecular flexibility index (Phi) is 4.01. The summed E-state index contributed by atoms with van der Waals surface area (Å²) < 4.78 is 11.9. The third kappa shape index (κ3) is 3.67. The predicted molar refractivity (Wildman–Crippen MR) is 52.9 cm³/mol. The van der Waals surface area contributed by atoms with E-state index in [9.17, 15) is 4.39 Å². The molecular weight excluding hydrogens is 219 g/mol. The first-order chi connectivity index (χ1) is 5.79. The summed E-state index contributed by atoms with van der Waals surface area (Å²) in [4.78, 5) is 0. The molecule has 0 aliphatic carbocycles. The highest BCUT2D eigenvalue weighted by molar-refractivity contribution is 9.11. The molecule has 12 heavy (non-hydrogen) atoms. The van der Waals surface area contributed by atoms with E-state index in [0.717, 1.165) is 12.8 Å². The largest absolute Gasteiger partial charge is 0.199 e. The highest BCUT2D eigenvalue weighted by atomic mass is 79.9. The molecule has 0 heterocycles. The van der Waals surface area contributed by atoms with Crippen molar-refractivity contribution in [3.8, 4) is 0 Å². The zero-order valence-corrected chi connectivity index (χ0v) is 8.22. The fraction of sp³-hybridized carbons (Fsp3) is 0.200. The van der Waals surface area contributed by atoms with Crippen molar-refractivity contribution in [1.82, 2.24) is 0 Å². The smallest absolute Gasteiger partial charge is 0.161 e. The van der Waals surface area contributed by atoms with Gasteiger partial charge in [-0.3, -0.25) is 0 Å². The van der Waals surface area contributed by atoms with Crippen LogP contribution in [0.25, 0.3) is 0 Å². The van der Waals surface area contributed by atoms with Gasteiger partial charge in [0.05, 0.1) is 0 Å². The van der Waals surface area contributed by atoms with Crippen LogP contribution in [0.15, 0.2) is 41.1 Å². The number of halogens is 2. The second-order valence-corrected chi connectivity index (χ2v) is 3.28. The van der Waals surface area contributed by atoms with E-state index in [2.05, 4.69) is 15.9 Å². The van der Waals surface area contributed by atoms with E-state index in [-0.39, 0.29) is 4.74 Å². The number of hydrogen-bond donors (Lipinski definition) is 0. The summed E-state index contributed by atoms with van der Waals surface area (Å²) in [6.07, 6.45) is 3.16. The molecule has 0 atom stereocenters. The Morgan fingerprint density at radius 3 is 2.58 bits per heavy atom. The highest BCUT2D eigenvalue weighted by Gasteiger charge is 1.89. The highest BCUT2D eigenvalue weighted by Crippen LogP contribution is 2.09. The molecular formula is C10H10BrF. The summed E-state index contributed by atoms with van der Waals surface area (Å²) in [5, 5.41) is 0. The van der Waals surface area contributed by atoms with Gasteiger partial charge in [-0.15, -0.1) is 0 Å². The molecule has 0 bridgehead atoms. The summed E-state index contributed by atoms with van der Waals surface area (Å²) in [5.74, 6) is 0. The Morgan fingerprint density at radius 2 is 2.00 bits per heavy atom. The molecule has 0 fully saturated rings. The van der Waals surface area contributed by atoms with E-state index >= 15 is 0 Å². The van der Waals surface area contributed by atoms with E-state index in [1.807, 2.05) is 30.3 Å². The zero-order valence-electron chi connectivity index (χ0n) is 6.63. The van der Waals surface area contributed by atoms with Crippen LogP contribution in [0.1, 0.15) is 12.0 Å². The first-order valence-corrected chi connectivity index (χ1v) is 4.63. The average molecular weight is 229 g/mol. The third-order valence-electron chi connectivity index (χ3n) is 1.57. The minimum atomic E-state index is -0.279. The molecule has 0 saturated carbocycles. The van der Waals surface area contributed by atoms with Crippen LogP contribution in [0.5, 0.6) is 0 Å². The van der Waals surface area contributed by atoms with Crippen molar-refractivity contribution >= 4 is 15.9 Å². The molecule has 2 heteroatoms. The van der Waals surface area contributed by atoms with Crippen LogP contribution in [0.2, 0.25) is 0 Å². The minimum Gasteiger partial charge on any atom is -0.199 e. The molecule has 0 amide bonds. The van der Waals surface area contributed by atoms with Crippen molar-refractivity contribution in [1.29, 1.82) is 0 Å². The summed E-state index contributed by atoms with van der Waals surface area (Å²) in [6.45, 7) is 0. The number of hydrogen-bond acceptors (Lipinski definition) is 0. The van der Waals surface area contributed by atoms with Gasteiger partial charge in [-0.25, -0.2) is 0 Å². The molecule has 0 aromatic heterocycles. The van der Waals surface area contributed by atoms with E-state index in [4.69, 9.17) is 0 Å². The molecule has 1 aromatic rings. The van der Waals surface area contributed by atoms with Crippen molar-refractivity contribution in [2.45, 2.75) is 12.8 Å². The van der Waals surface area contributed by atoms with Crippen molar-refractivity contribution in [3.05, 3.63) is 46.7 Å². The molecule has 1 rings (SSSR count).